The molecule has 26 heavy (non-hydrogen) atoms. The van der Waals surface area contributed by atoms with Crippen LogP contribution in [0.2, 0.25) is 0 Å². The van der Waals surface area contributed by atoms with Crippen LogP contribution in [0.1, 0.15) is 17.2 Å². The van der Waals surface area contributed by atoms with Crippen LogP contribution in [0.4, 0.5) is 4.79 Å². The fourth-order valence-corrected chi connectivity index (χ4v) is 4.39. The maximum Gasteiger partial charge on any atom is 0.410 e. The SMILES string of the molecule is COC(=O)N1CCc2ccccc2[C@H]1C(=O)N1CCN(S(C)(=O)=O)CC1. The van der Waals surface area contributed by atoms with Crippen molar-refractivity contribution in [2.75, 3.05) is 46.1 Å². The first-order valence-electron chi connectivity index (χ1n) is 8.49. The molecule has 1 atom stereocenters. The molecule has 0 spiro atoms. The van der Waals surface area contributed by atoms with E-state index in [0.29, 0.717) is 26.1 Å². The number of sulfonamides is 1. The van der Waals surface area contributed by atoms with E-state index in [9.17, 15) is 18.0 Å². The molecule has 2 amide bonds. The van der Waals surface area contributed by atoms with E-state index in [1.807, 2.05) is 24.3 Å². The normalized spacial score (nSPS) is 21.2. The summed E-state index contributed by atoms with van der Waals surface area (Å²) >= 11 is 0. The topological polar surface area (TPSA) is 87.2 Å². The highest BCUT2D eigenvalue weighted by Crippen LogP contribution is 2.32. The number of hydrogen-bond acceptors (Lipinski definition) is 5. The van der Waals surface area contributed by atoms with Gasteiger partial charge in [-0.05, 0) is 17.5 Å². The summed E-state index contributed by atoms with van der Waals surface area (Å²) in [5.41, 5.74) is 1.85. The molecule has 1 fully saturated rings. The molecule has 1 saturated heterocycles. The molecule has 0 saturated carbocycles. The highest BCUT2D eigenvalue weighted by molar-refractivity contribution is 7.88. The zero-order valence-electron chi connectivity index (χ0n) is 14.9. The maximum atomic E-state index is 13.2. The van der Waals surface area contributed by atoms with Crippen molar-refractivity contribution in [3.05, 3.63) is 35.4 Å². The van der Waals surface area contributed by atoms with Crippen molar-refractivity contribution in [3.63, 3.8) is 0 Å². The van der Waals surface area contributed by atoms with Crippen molar-refractivity contribution in [2.45, 2.75) is 12.5 Å². The third-order valence-electron chi connectivity index (χ3n) is 4.95. The number of methoxy groups -OCH3 is 1. The molecule has 8 nitrogen and oxygen atoms in total. The second-order valence-corrected chi connectivity index (χ2v) is 8.48. The van der Waals surface area contributed by atoms with E-state index in [1.165, 1.54) is 22.6 Å². The monoisotopic (exact) mass is 381 g/mol. The van der Waals surface area contributed by atoms with E-state index >= 15 is 0 Å². The fraction of sp³-hybridized carbons (Fsp3) is 0.529. The molecule has 0 aliphatic carbocycles. The number of fused-ring (bicyclic) bond motifs is 1. The number of carbonyl (C=O) groups is 2. The van der Waals surface area contributed by atoms with Gasteiger partial charge in [-0.1, -0.05) is 24.3 Å². The van der Waals surface area contributed by atoms with Gasteiger partial charge >= 0.3 is 6.09 Å². The molecular formula is C17H23N3O5S. The highest BCUT2D eigenvalue weighted by atomic mass is 32.2. The Balaban J connectivity index is 1.85. The molecule has 0 bridgehead atoms. The fourth-order valence-electron chi connectivity index (χ4n) is 3.56. The van der Waals surface area contributed by atoms with Crippen LogP contribution in [-0.2, 0) is 26.0 Å². The second-order valence-electron chi connectivity index (χ2n) is 6.50. The summed E-state index contributed by atoms with van der Waals surface area (Å²) in [4.78, 5) is 28.5. The van der Waals surface area contributed by atoms with Crippen LogP contribution in [0.5, 0.6) is 0 Å². The van der Waals surface area contributed by atoms with Crippen molar-refractivity contribution in [3.8, 4) is 0 Å². The third kappa shape index (κ3) is 3.54. The number of carbonyl (C=O) groups excluding carboxylic acids is 2. The molecule has 2 aliphatic heterocycles. The molecule has 0 radical (unpaired) electrons. The molecule has 0 N–H and O–H groups in total. The lowest BCUT2D eigenvalue weighted by Crippen LogP contribution is -2.54. The van der Waals surface area contributed by atoms with Crippen LogP contribution < -0.4 is 0 Å². The van der Waals surface area contributed by atoms with Gasteiger partial charge in [-0.2, -0.15) is 4.31 Å². The number of piperazine rings is 1. The first kappa shape index (κ1) is 18.7. The van der Waals surface area contributed by atoms with Gasteiger partial charge in [0.25, 0.3) is 0 Å². The van der Waals surface area contributed by atoms with Gasteiger partial charge in [0.2, 0.25) is 15.9 Å². The lowest BCUT2D eigenvalue weighted by Gasteiger charge is -2.40. The first-order valence-corrected chi connectivity index (χ1v) is 10.3. The van der Waals surface area contributed by atoms with Crippen LogP contribution in [0.25, 0.3) is 0 Å². The molecule has 0 unspecified atom stereocenters. The summed E-state index contributed by atoms with van der Waals surface area (Å²) in [6.07, 6.45) is 1.30. The average molecular weight is 381 g/mol. The Hall–Kier alpha value is -2.13. The molecule has 142 valence electrons. The minimum Gasteiger partial charge on any atom is -0.453 e. The Morgan fingerprint density at radius 2 is 1.73 bits per heavy atom. The lowest BCUT2D eigenvalue weighted by atomic mass is 9.92. The Morgan fingerprint density at radius 3 is 2.35 bits per heavy atom. The van der Waals surface area contributed by atoms with E-state index in [-0.39, 0.29) is 19.0 Å². The van der Waals surface area contributed by atoms with Crippen LogP contribution in [0.3, 0.4) is 0 Å². The molecule has 9 heteroatoms. The number of nitrogens with zero attached hydrogens (tertiary/aromatic N) is 3. The van der Waals surface area contributed by atoms with E-state index in [2.05, 4.69) is 0 Å². The zero-order valence-corrected chi connectivity index (χ0v) is 15.7. The molecule has 3 rings (SSSR count). The first-order chi connectivity index (χ1) is 12.3. The zero-order chi connectivity index (χ0) is 18.9. The molecule has 1 aromatic rings. The Kier molecular flexibility index (Phi) is 5.19. The second kappa shape index (κ2) is 7.24. The third-order valence-corrected chi connectivity index (χ3v) is 6.25. The average Bonchev–Trinajstić information content (AvgIpc) is 2.65. The lowest BCUT2D eigenvalue weighted by molar-refractivity contribution is -0.138. The number of rotatable bonds is 2. The molecule has 2 heterocycles. The molecule has 0 aromatic heterocycles. The Morgan fingerprint density at radius 1 is 1.08 bits per heavy atom. The number of amides is 2. The number of benzene rings is 1. The summed E-state index contributed by atoms with van der Waals surface area (Å²) < 4.78 is 29.6. The number of hydrogen-bond donors (Lipinski definition) is 0. The molecular weight excluding hydrogens is 358 g/mol. The maximum absolute atomic E-state index is 13.2. The summed E-state index contributed by atoms with van der Waals surface area (Å²) in [6, 6.07) is 6.85. The smallest absolute Gasteiger partial charge is 0.410 e. The predicted octanol–water partition coefficient (Wildman–Crippen LogP) is 0.456. The van der Waals surface area contributed by atoms with Gasteiger partial charge in [0.15, 0.2) is 0 Å². The van der Waals surface area contributed by atoms with Crippen LogP contribution in [0.15, 0.2) is 24.3 Å². The quantitative estimate of drug-likeness (QED) is 0.743. The Labute approximate surface area is 153 Å². The van der Waals surface area contributed by atoms with Gasteiger partial charge in [-0.3, -0.25) is 9.69 Å². The summed E-state index contributed by atoms with van der Waals surface area (Å²) in [7, 11) is -1.96. The van der Waals surface area contributed by atoms with E-state index < -0.39 is 22.2 Å². The Bertz CT molecular complexity index is 802. The molecule has 1 aromatic carbocycles. The van der Waals surface area contributed by atoms with Crippen LogP contribution >= 0.6 is 0 Å². The van der Waals surface area contributed by atoms with Gasteiger partial charge in [-0.25, -0.2) is 13.2 Å². The van der Waals surface area contributed by atoms with Gasteiger partial charge in [-0.15, -0.1) is 0 Å². The summed E-state index contributed by atoms with van der Waals surface area (Å²) in [5.74, 6) is -0.198. The van der Waals surface area contributed by atoms with E-state index in [1.54, 1.807) is 4.90 Å². The van der Waals surface area contributed by atoms with E-state index in [0.717, 1.165) is 11.1 Å². The van der Waals surface area contributed by atoms with E-state index in [4.69, 9.17) is 4.74 Å². The highest BCUT2D eigenvalue weighted by Gasteiger charge is 2.39. The summed E-state index contributed by atoms with van der Waals surface area (Å²) in [5, 5.41) is 0. The van der Waals surface area contributed by atoms with Crippen molar-refractivity contribution in [2.24, 2.45) is 0 Å². The van der Waals surface area contributed by atoms with Gasteiger partial charge in [0, 0.05) is 32.7 Å². The van der Waals surface area contributed by atoms with Crippen molar-refractivity contribution in [1.29, 1.82) is 0 Å². The van der Waals surface area contributed by atoms with Crippen molar-refractivity contribution in [1.82, 2.24) is 14.1 Å². The summed E-state index contributed by atoms with van der Waals surface area (Å²) in [6.45, 7) is 1.54. The standard InChI is InChI=1S/C17H23N3O5S/c1-25-17(22)20-8-7-13-5-3-4-6-14(13)15(20)16(21)18-9-11-19(12-10-18)26(2,23)24/h3-6,15H,7-12H2,1-2H3/t15-/m0/s1. The van der Waals surface area contributed by atoms with Crippen molar-refractivity contribution >= 4 is 22.0 Å². The van der Waals surface area contributed by atoms with Gasteiger partial charge in [0.1, 0.15) is 6.04 Å². The van der Waals surface area contributed by atoms with Crippen molar-refractivity contribution < 1.29 is 22.7 Å². The number of ether oxygens (including phenoxy) is 1. The van der Waals surface area contributed by atoms with Gasteiger partial charge in [0.05, 0.1) is 13.4 Å². The van der Waals surface area contributed by atoms with Gasteiger partial charge < -0.3 is 9.64 Å². The van der Waals surface area contributed by atoms with Crippen LogP contribution in [0, 0.1) is 0 Å². The molecule has 2 aliphatic rings. The minimum atomic E-state index is -3.27. The van der Waals surface area contributed by atoms with Crippen LogP contribution in [-0.4, -0.2) is 80.6 Å². The predicted molar refractivity (Wildman–Crippen MR) is 95.0 cm³/mol. The minimum absolute atomic E-state index is 0.198. The largest absolute Gasteiger partial charge is 0.453 e.